The lowest BCUT2D eigenvalue weighted by atomic mass is 10.1. The van der Waals surface area contributed by atoms with Crippen molar-refractivity contribution < 1.29 is 30.0 Å². The molecule has 2 rings (SSSR count). The molecule has 1 amide bonds. The second-order valence-corrected chi connectivity index (χ2v) is 4.99. The molecule has 1 aromatic heterocycles. The van der Waals surface area contributed by atoms with E-state index < -0.39 is 37.1 Å². The average Bonchev–Trinajstić information content (AvgIpc) is 3.11. The van der Waals surface area contributed by atoms with Crippen molar-refractivity contribution in [1.29, 1.82) is 0 Å². The summed E-state index contributed by atoms with van der Waals surface area (Å²) in [6.45, 7) is -0.440. The van der Waals surface area contributed by atoms with E-state index in [1.807, 2.05) is 0 Å². The van der Waals surface area contributed by atoms with Crippen LogP contribution >= 0.6 is 0 Å². The van der Waals surface area contributed by atoms with Gasteiger partial charge in [-0.1, -0.05) is 5.92 Å². The van der Waals surface area contributed by atoms with Crippen molar-refractivity contribution >= 4 is 5.91 Å². The highest BCUT2D eigenvalue weighted by Gasteiger charge is 2.43. The lowest BCUT2D eigenvalue weighted by molar-refractivity contribution is -0.0305. The van der Waals surface area contributed by atoms with E-state index in [1.54, 1.807) is 0 Å². The molecular weight excluding hydrogens is 306 g/mol. The Bertz CT molecular complexity index is 593. The molecular formula is C14H19N3O6. The third-order valence-electron chi connectivity index (χ3n) is 3.34. The molecule has 1 aliphatic rings. The van der Waals surface area contributed by atoms with Gasteiger partial charge >= 0.3 is 0 Å². The van der Waals surface area contributed by atoms with Gasteiger partial charge in [0.05, 0.1) is 12.9 Å². The summed E-state index contributed by atoms with van der Waals surface area (Å²) in [5.41, 5.74) is 0.325. The average molecular weight is 325 g/mol. The summed E-state index contributed by atoms with van der Waals surface area (Å²) in [6.07, 6.45) is -2.44. The maximum absolute atomic E-state index is 12.2. The van der Waals surface area contributed by atoms with E-state index in [-0.39, 0.29) is 12.3 Å². The van der Waals surface area contributed by atoms with Crippen LogP contribution < -0.4 is 5.32 Å². The summed E-state index contributed by atoms with van der Waals surface area (Å²) in [5.74, 6) is 4.90. The van der Waals surface area contributed by atoms with E-state index >= 15 is 0 Å². The number of amides is 1. The van der Waals surface area contributed by atoms with Crippen LogP contribution in [-0.2, 0) is 4.74 Å². The first kappa shape index (κ1) is 17.4. The number of carbonyl (C=O) groups excluding carboxylic acids is 1. The second kappa shape index (κ2) is 8.05. The van der Waals surface area contributed by atoms with Crippen LogP contribution in [0.3, 0.4) is 0 Å². The van der Waals surface area contributed by atoms with Crippen LogP contribution in [0.5, 0.6) is 0 Å². The zero-order chi connectivity index (χ0) is 16.8. The smallest absolute Gasteiger partial charge is 0.274 e. The Labute approximate surface area is 132 Å². The minimum Gasteiger partial charge on any atom is -0.396 e. The van der Waals surface area contributed by atoms with Crippen molar-refractivity contribution in [2.45, 2.75) is 37.4 Å². The summed E-state index contributed by atoms with van der Waals surface area (Å²) < 4.78 is 5.17. The molecule has 23 heavy (non-hydrogen) atoms. The van der Waals surface area contributed by atoms with Gasteiger partial charge in [-0.15, -0.1) is 0 Å². The Morgan fingerprint density at radius 3 is 2.83 bits per heavy atom. The van der Waals surface area contributed by atoms with Gasteiger partial charge in [0, 0.05) is 13.0 Å². The number of unbranched alkanes of at least 4 members (excludes halogenated alkanes) is 1. The Morgan fingerprint density at radius 1 is 1.39 bits per heavy atom. The number of nitrogens with zero attached hydrogens (tertiary/aromatic N) is 1. The van der Waals surface area contributed by atoms with Gasteiger partial charge in [-0.25, -0.2) is 4.98 Å². The van der Waals surface area contributed by atoms with Gasteiger partial charge < -0.3 is 35.5 Å². The number of hydrogen-bond donors (Lipinski definition) is 6. The molecule has 0 saturated carbocycles. The van der Waals surface area contributed by atoms with Gasteiger partial charge in [0.2, 0.25) is 0 Å². The molecule has 9 nitrogen and oxygen atoms in total. The number of rotatable bonds is 5. The number of ether oxygens (including phenoxy) is 1. The van der Waals surface area contributed by atoms with Gasteiger partial charge in [0.25, 0.3) is 5.91 Å². The number of H-pyrrole nitrogens is 1. The molecule has 0 spiro atoms. The van der Waals surface area contributed by atoms with Gasteiger partial charge in [-0.05, 0) is 12.3 Å². The fraction of sp³-hybridized carbons (Fsp3) is 0.571. The van der Waals surface area contributed by atoms with Gasteiger partial charge in [0.15, 0.2) is 11.9 Å². The number of hydrogen-bond acceptors (Lipinski definition) is 7. The van der Waals surface area contributed by atoms with Crippen molar-refractivity contribution in [2.75, 3.05) is 13.2 Å². The SMILES string of the molecule is O=C(N[C@@H]1O[C@H](CO)[C@@H](O)[C@H]1O)c1nc[nH]c1C#CCCCO. The molecule has 9 heteroatoms. The lowest BCUT2D eigenvalue weighted by Gasteiger charge is -2.15. The molecule has 0 aliphatic carbocycles. The fourth-order valence-electron chi connectivity index (χ4n) is 2.10. The molecule has 0 aromatic carbocycles. The standard InChI is InChI=1S/C14H19N3O6/c18-5-3-1-2-4-8-10(16-7-15-8)13(22)17-14-12(21)11(20)9(6-19)23-14/h7,9,11-12,14,18-21H,1,3,5-6H2,(H,15,16)(H,17,22)/t9-,11-,12-,14-/m1/s1. The zero-order valence-electron chi connectivity index (χ0n) is 12.3. The van der Waals surface area contributed by atoms with Crippen LogP contribution in [-0.4, -0.2) is 74.1 Å². The van der Waals surface area contributed by atoms with Crippen molar-refractivity contribution in [3.8, 4) is 11.8 Å². The van der Waals surface area contributed by atoms with Gasteiger partial charge in [-0.2, -0.15) is 0 Å². The number of imidazole rings is 1. The van der Waals surface area contributed by atoms with E-state index in [0.29, 0.717) is 18.5 Å². The molecule has 1 aliphatic heterocycles. The first-order chi connectivity index (χ1) is 11.1. The number of aliphatic hydroxyl groups is 4. The predicted molar refractivity (Wildman–Crippen MR) is 77.0 cm³/mol. The Kier molecular flexibility index (Phi) is 6.09. The predicted octanol–water partition coefficient (Wildman–Crippen LogP) is -2.30. The third-order valence-corrected chi connectivity index (χ3v) is 3.34. The molecule has 126 valence electrons. The summed E-state index contributed by atoms with van der Waals surface area (Å²) in [7, 11) is 0. The molecule has 1 fully saturated rings. The topological polar surface area (TPSA) is 148 Å². The zero-order valence-corrected chi connectivity index (χ0v) is 12.3. The Morgan fingerprint density at radius 2 is 2.17 bits per heavy atom. The van der Waals surface area contributed by atoms with E-state index in [0.717, 1.165) is 0 Å². The van der Waals surface area contributed by atoms with E-state index in [4.69, 9.17) is 14.9 Å². The summed E-state index contributed by atoms with van der Waals surface area (Å²) >= 11 is 0. The molecule has 2 heterocycles. The monoisotopic (exact) mass is 325 g/mol. The van der Waals surface area contributed by atoms with Crippen LogP contribution in [0.25, 0.3) is 0 Å². The largest absolute Gasteiger partial charge is 0.396 e. The molecule has 6 N–H and O–H groups in total. The summed E-state index contributed by atoms with van der Waals surface area (Å²) in [6, 6.07) is 0. The number of nitrogens with one attached hydrogen (secondary N) is 2. The molecule has 4 atom stereocenters. The van der Waals surface area contributed by atoms with Crippen LogP contribution in [0.1, 0.15) is 29.0 Å². The number of aromatic amines is 1. The van der Waals surface area contributed by atoms with Crippen molar-refractivity contribution in [3.05, 3.63) is 17.7 Å². The third kappa shape index (κ3) is 4.07. The highest BCUT2D eigenvalue weighted by Crippen LogP contribution is 2.19. The summed E-state index contributed by atoms with van der Waals surface area (Å²) in [4.78, 5) is 18.8. The van der Waals surface area contributed by atoms with E-state index in [9.17, 15) is 15.0 Å². The highest BCUT2D eigenvalue weighted by atomic mass is 16.6. The lowest BCUT2D eigenvalue weighted by Crippen LogP contribution is -2.44. The van der Waals surface area contributed by atoms with E-state index in [1.165, 1.54) is 6.33 Å². The van der Waals surface area contributed by atoms with Crippen molar-refractivity contribution in [2.24, 2.45) is 0 Å². The molecule has 0 radical (unpaired) electrons. The van der Waals surface area contributed by atoms with Crippen LogP contribution in [0.2, 0.25) is 0 Å². The maximum Gasteiger partial charge on any atom is 0.274 e. The Hall–Kier alpha value is -1.96. The van der Waals surface area contributed by atoms with Gasteiger partial charge in [0.1, 0.15) is 24.0 Å². The van der Waals surface area contributed by atoms with Crippen LogP contribution in [0.4, 0.5) is 0 Å². The van der Waals surface area contributed by atoms with Crippen molar-refractivity contribution in [1.82, 2.24) is 15.3 Å². The molecule has 0 unspecified atom stereocenters. The number of aromatic nitrogens is 2. The maximum atomic E-state index is 12.2. The number of carbonyl (C=O) groups is 1. The van der Waals surface area contributed by atoms with Crippen LogP contribution in [0.15, 0.2) is 6.33 Å². The van der Waals surface area contributed by atoms with Crippen LogP contribution in [0, 0.1) is 11.8 Å². The Balaban J connectivity index is 2.01. The second-order valence-electron chi connectivity index (χ2n) is 4.99. The fourth-order valence-corrected chi connectivity index (χ4v) is 2.10. The molecule has 1 saturated heterocycles. The molecule has 1 aromatic rings. The quantitative estimate of drug-likeness (QED) is 0.263. The van der Waals surface area contributed by atoms with Crippen molar-refractivity contribution in [3.63, 3.8) is 0 Å². The van der Waals surface area contributed by atoms with Gasteiger partial charge in [-0.3, -0.25) is 4.79 Å². The minimum atomic E-state index is -1.35. The molecule has 0 bridgehead atoms. The number of aliphatic hydroxyl groups excluding tert-OH is 4. The minimum absolute atomic E-state index is 0.0271. The first-order valence-electron chi connectivity index (χ1n) is 7.15. The first-order valence-corrected chi connectivity index (χ1v) is 7.15. The van der Waals surface area contributed by atoms with E-state index in [2.05, 4.69) is 27.1 Å². The normalized spacial score (nSPS) is 26.6. The summed E-state index contributed by atoms with van der Waals surface area (Å²) in [5, 5.41) is 39.5. The highest BCUT2D eigenvalue weighted by molar-refractivity contribution is 5.94.